The zero-order chi connectivity index (χ0) is 22.7. The first-order valence-electron chi connectivity index (χ1n) is 9.46. The summed E-state index contributed by atoms with van der Waals surface area (Å²) >= 11 is 14.7. The first-order valence-corrected chi connectivity index (χ1v) is 11.3. The van der Waals surface area contributed by atoms with Gasteiger partial charge in [0, 0.05) is 14.2 Å². The summed E-state index contributed by atoms with van der Waals surface area (Å²) in [7, 11) is 1.52. The molecule has 162 valence electrons. The Labute approximate surface area is 208 Å². The second-order valence-corrected chi connectivity index (χ2v) is 8.88. The molecule has 0 bridgehead atoms. The number of esters is 1. The van der Waals surface area contributed by atoms with Gasteiger partial charge in [0.15, 0.2) is 17.2 Å². The van der Waals surface area contributed by atoms with Crippen molar-refractivity contribution in [2.24, 2.45) is 4.99 Å². The van der Waals surface area contributed by atoms with Gasteiger partial charge in [0.25, 0.3) is 0 Å². The zero-order valence-corrected chi connectivity index (χ0v) is 20.4. The first kappa shape index (κ1) is 22.6. The lowest BCUT2D eigenvalue weighted by Gasteiger charge is -2.13. The summed E-state index contributed by atoms with van der Waals surface area (Å²) < 4.78 is 17.7. The summed E-state index contributed by atoms with van der Waals surface area (Å²) in [5.74, 6) is 0.556. The highest BCUT2D eigenvalue weighted by molar-refractivity contribution is 14.1. The van der Waals surface area contributed by atoms with Crippen LogP contribution in [0.15, 0.2) is 71.4 Å². The average molecular weight is 580 g/mol. The van der Waals surface area contributed by atoms with Gasteiger partial charge in [0.1, 0.15) is 6.61 Å². The molecule has 1 heterocycles. The molecule has 0 aromatic heterocycles. The fourth-order valence-electron chi connectivity index (χ4n) is 3.03. The number of benzene rings is 3. The minimum atomic E-state index is -0.532. The molecular weight excluding hydrogens is 564 g/mol. The van der Waals surface area contributed by atoms with Crippen molar-refractivity contribution in [3.8, 4) is 11.5 Å². The predicted octanol–water partition coefficient (Wildman–Crippen LogP) is 6.53. The maximum atomic E-state index is 12.3. The van der Waals surface area contributed by atoms with E-state index in [-0.39, 0.29) is 18.2 Å². The monoisotopic (exact) mass is 579 g/mol. The second-order valence-electron chi connectivity index (χ2n) is 6.80. The number of halogens is 3. The van der Waals surface area contributed by atoms with Crippen LogP contribution in [0.25, 0.3) is 6.08 Å². The molecule has 4 rings (SSSR count). The fourth-order valence-corrected chi connectivity index (χ4v) is 3.87. The maximum Gasteiger partial charge on any atom is 0.363 e. The number of hydrogen-bond donors (Lipinski definition) is 0. The fraction of sp³-hybridized carbons (Fsp3) is 0.0833. The van der Waals surface area contributed by atoms with E-state index in [9.17, 15) is 4.79 Å². The Morgan fingerprint density at radius 1 is 1.09 bits per heavy atom. The van der Waals surface area contributed by atoms with Crippen molar-refractivity contribution in [2.45, 2.75) is 6.61 Å². The lowest BCUT2D eigenvalue weighted by molar-refractivity contribution is -0.129. The normalized spacial score (nSPS) is 14.3. The van der Waals surface area contributed by atoms with Crippen molar-refractivity contribution in [3.05, 3.63) is 96.7 Å². The predicted molar refractivity (Wildman–Crippen MR) is 134 cm³/mol. The van der Waals surface area contributed by atoms with E-state index in [0.717, 1.165) is 14.7 Å². The van der Waals surface area contributed by atoms with E-state index < -0.39 is 5.97 Å². The molecule has 0 spiro atoms. The van der Waals surface area contributed by atoms with Crippen LogP contribution >= 0.6 is 45.8 Å². The minimum Gasteiger partial charge on any atom is -0.493 e. The molecular formula is C24H16Cl2INO4. The number of cyclic esters (lactones) is 1. The molecule has 0 aliphatic carbocycles. The summed E-state index contributed by atoms with van der Waals surface area (Å²) in [6.07, 6.45) is 1.59. The third-order valence-electron chi connectivity index (χ3n) is 4.54. The molecule has 0 unspecified atom stereocenters. The van der Waals surface area contributed by atoms with Gasteiger partial charge in [-0.05, 0) is 88.3 Å². The van der Waals surface area contributed by atoms with Crippen LogP contribution in [0.3, 0.4) is 0 Å². The molecule has 3 aromatic carbocycles. The molecule has 8 heteroatoms. The number of ether oxygens (including phenoxy) is 3. The smallest absolute Gasteiger partial charge is 0.363 e. The molecule has 0 atom stereocenters. The van der Waals surface area contributed by atoms with Gasteiger partial charge >= 0.3 is 5.97 Å². The van der Waals surface area contributed by atoms with Gasteiger partial charge in [-0.2, -0.15) is 0 Å². The van der Waals surface area contributed by atoms with Gasteiger partial charge in [-0.3, -0.25) is 0 Å². The van der Waals surface area contributed by atoms with Gasteiger partial charge < -0.3 is 14.2 Å². The van der Waals surface area contributed by atoms with Crippen LogP contribution in [0.1, 0.15) is 16.7 Å². The van der Waals surface area contributed by atoms with Gasteiger partial charge in [-0.25, -0.2) is 9.79 Å². The van der Waals surface area contributed by atoms with Gasteiger partial charge in [0.05, 0.1) is 12.1 Å². The third-order valence-corrected chi connectivity index (χ3v) is 5.77. The number of methoxy groups -OCH3 is 1. The lowest BCUT2D eigenvalue weighted by atomic mass is 10.1. The number of hydrogen-bond acceptors (Lipinski definition) is 5. The highest BCUT2D eigenvalue weighted by Gasteiger charge is 2.24. The summed E-state index contributed by atoms with van der Waals surface area (Å²) in [4.78, 5) is 16.6. The van der Waals surface area contributed by atoms with E-state index >= 15 is 0 Å². The van der Waals surface area contributed by atoms with Crippen LogP contribution in [0, 0.1) is 3.57 Å². The summed E-state index contributed by atoms with van der Waals surface area (Å²) in [5.41, 5.74) is 2.42. The van der Waals surface area contributed by atoms with E-state index in [1.165, 1.54) is 7.11 Å². The minimum absolute atomic E-state index is 0.171. The average Bonchev–Trinajstić information content (AvgIpc) is 3.13. The molecule has 0 N–H and O–H groups in total. The van der Waals surface area contributed by atoms with Crippen LogP contribution in [0.2, 0.25) is 10.0 Å². The Bertz CT molecular complexity index is 1240. The van der Waals surface area contributed by atoms with E-state index in [0.29, 0.717) is 27.1 Å². The Kier molecular flexibility index (Phi) is 7.03. The second kappa shape index (κ2) is 9.94. The SMILES string of the molecule is COc1cc(/C=C2\N=C(c3ccc(I)cc3)OC2=O)cc(Cl)c1OCc1cccc(Cl)c1. The molecule has 1 aliphatic heterocycles. The van der Waals surface area contributed by atoms with Crippen molar-refractivity contribution < 1.29 is 19.0 Å². The Hall–Kier alpha value is -2.55. The van der Waals surface area contributed by atoms with Gasteiger partial charge in [-0.15, -0.1) is 0 Å². The van der Waals surface area contributed by atoms with Crippen LogP contribution in [0.4, 0.5) is 0 Å². The van der Waals surface area contributed by atoms with E-state index in [1.54, 1.807) is 24.3 Å². The molecule has 0 saturated carbocycles. The molecule has 0 amide bonds. The number of carbonyl (C=O) groups is 1. The lowest BCUT2D eigenvalue weighted by Crippen LogP contribution is -2.05. The third kappa shape index (κ3) is 5.26. The van der Waals surface area contributed by atoms with E-state index in [4.69, 9.17) is 37.4 Å². The Balaban J connectivity index is 1.59. The Morgan fingerprint density at radius 3 is 2.59 bits per heavy atom. The van der Waals surface area contributed by atoms with Crippen molar-refractivity contribution >= 4 is 63.7 Å². The number of carbonyl (C=O) groups excluding carboxylic acids is 1. The van der Waals surface area contributed by atoms with Crippen LogP contribution in [-0.4, -0.2) is 19.0 Å². The van der Waals surface area contributed by atoms with Crippen molar-refractivity contribution in [1.29, 1.82) is 0 Å². The number of aliphatic imine (C=N–C) groups is 1. The largest absolute Gasteiger partial charge is 0.493 e. The van der Waals surface area contributed by atoms with Gasteiger partial charge in [0.2, 0.25) is 5.90 Å². The number of rotatable bonds is 6. The van der Waals surface area contributed by atoms with Crippen molar-refractivity contribution in [1.82, 2.24) is 0 Å². The topological polar surface area (TPSA) is 57.1 Å². The molecule has 0 fully saturated rings. The molecule has 0 saturated heterocycles. The van der Waals surface area contributed by atoms with Crippen LogP contribution in [-0.2, 0) is 16.1 Å². The molecule has 3 aromatic rings. The van der Waals surface area contributed by atoms with Gasteiger partial charge in [-0.1, -0.05) is 35.3 Å². The molecule has 5 nitrogen and oxygen atoms in total. The summed E-state index contributed by atoms with van der Waals surface area (Å²) in [6, 6.07) is 18.3. The van der Waals surface area contributed by atoms with Crippen molar-refractivity contribution in [2.75, 3.05) is 7.11 Å². The maximum absolute atomic E-state index is 12.3. The number of nitrogens with zero attached hydrogens (tertiary/aromatic N) is 1. The quantitative estimate of drug-likeness (QED) is 0.189. The standard InChI is InChI=1S/C24H16Cl2INO4/c1-30-21-12-15(10-19(26)22(21)31-13-14-3-2-4-17(25)9-14)11-20-24(29)32-23(28-20)16-5-7-18(27)8-6-16/h2-12H,13H2,1H3/b20-11-. The zero-order valence-electron chi connectivity index (χ0n) is 16.8. The first-order chi connectivity index (χ1) is 15.4. The van der Waals surface area contributed by atoms with E-state index in [2.05, 4.69) is 27.6 Å². The summed E-state index contributed by atoms with van der Waals surface area (Å²) in [5, 5.41) is 0.964. The highest BCUT2D eigenvalue weighted by Crippen LogP contribution is 2.38. The highest BCUT2D eigenvalue weighted by atomic mass is 127. The van der Waals surface area contributed by atoms with Crippen LogP contribution in [0.5, 0.6) is 11.5 Å². The van der Waals surface area contributed by atoms with Crippen molar-refractivity contribution in [3.63, 3.8) is 0 Å². The van der Waals surface area contributed by atoms with Crippen LogP contribution < -0.4 is 9.47 Å². The molecule has 1 aliphatic rings. The van der Waals surface area contributed by atoms with E-state index in [1.807, 2.05) is 42.5 Å². The molecule has 32 heavy (non-hydrogen) atoms. The summed E-state index contributed by atoms with van der Waals surface area (Å²) in [6.45, 7) is 0.271. The Morgan fingerprint density at radius 2 is 1.88 bits per heavy atom. The molecule has 0 radical (unpaired) electrons.